The van der Waals surface area contributed by atoms with Crippen molar-refractivity contribution in [2.24, 2.45) is 5.73 Å². The smallest absolute Gasteiger partial charge is 0.237 e. The fourth-order valence-electron chi connectivity index (χ4n) is 5.21. The fourth-order valence-corrected chi connectivity index (χ4v) is 5.38. The summed E-state index contributed by atoms with van der Waals surface area (Å²) in [5.74, 6) is -0.0908. The van der Waals surface area contributed by atoms with Crippen LogP contribution in [0.3, 0.4) is 0 Å². The van der Waals surface area contributed by atoms with E-state index in [1.165, 1.54) is 29.8 Å². The Hall–Kier alpha value is -3.09. The first-order valence-corrected chi connectivity index (χ1v) is 13.4. The predicted molar refractivity (Wildman–Crippen MR) is 149 cm³/mol. The quantitative estimate of drug-likeness (QED) is 0.214. The minimum atomic E-state index is -0.550. The zero-order chi connectivity index (χ0) is 24.9. The monoisotopic (exact) mass is 503 g/mol. The van der Waals surface area contributed by atoms with Crippen molar-refractivity contribution in [1.82, 2.24) is 15.3 Å². The SMILES string of the molecule is N[C@@H](Cc1c[nH]c2ccccc12)C(=O)NCCCCCNc1c2c(nc3cc(Cl)ccc13)CCCC2. The molecule has 1 aliphatic rings. The third-order valence-electron chi connectivity index (χ3n) is 7.13. The molecule has 1 amide bonds. The van der Waals surface area contributed by atoms with Gasteiger partial charge < -0.3 is 21.4 Å². The second-order valence-corrected chi connectivity index (χ2v) is 10.2. The molecule has 5 N–H and O–H groups in total. The van der Waals surface area contributed by atoms with Gasteiger partial charge in [0.05, 0.1) is 11.6 Å². The first-order valence-electron chi connectivity index (χ1n) is 13.0. The molecular weight excluding hydrogens is 470 g/mol. The van der Waals surface area contributed by atoms with E-state index in [2.05, 4.69) is 27.8 Å². The molecule has 0 bridgehead atoms. The van der Waals surface area contributed by atoms with Crippen molar-refractivity contribution in [3.05, 3.63) is 70.5 Å². The number of anilines is 1. The number of hydrogen-bond acceptors (Lipinski definition) is 4. The van der Waals surface area contributed by atoms with Crippen molar-refractivity contribution in [2.75, 3.05) is 18.4 Å². The van der Waals surface area contributed by atoms with Crippen LogP contribution in [0.4, 0.5) is 5.69 Å². The maximum Gasteiger partial charge on any atom is 0.237 e. The third kappa shape index (κ3) is 5.50. The Morgan fingerprint density at radius 1 is 1.06 bits per heavy atom. The molecule has 2 aromatic carbocycles. The van der Waals surface area contributed by atoms with E-state index in [9.17, 15) is 4.79 Å². The second-order valence-electron chi connectivity index (χ2n) is 9.73. The number of nitrogens with one attached hydrogen (secondary N) is 3. The zero-order valence-corrected chi connectivity index (χ0v) is 21.3. The molecule has 0 unspecified atom stereocenters. The number of hydrogen-bond donors (Lipinski definition) is 4. The number of aryl methyl sites for hydroxylation is 1. The van der Waals surface area contributed by atoms with E-state index in [-0.39, 0.29) is 5.91 Å². The first-order chi connectivity index (χ1) is 17.6. The van der Waals surface area contributed by atoms with E-state index < -0.39 is 6.04 Å². The van der Waals surface area contributed by atoms with Crippen LogP contribution >= 0.6 is 11.6 Å². The number of H-pyrrole nitrogens is 1. The zero-order valence-electron chi connectivity index (χ0n) is 20.6. The van der Waals surface area contributed by atoms with Crippen LogP contribution < -0.4 is 16.4 Å². The molecule has 2 aromatic heterocycles. The van der Waals surface area contributed by atoms with E-state index in [0.717, 1.165) is 71.0 Å². The number of nitrogens with zero attached hydrogens (tertiary/aromatic N) is 1. The topological polar surface area (TPSA) is 95.8 Å². The number of fused-ring (bicyclic) bond motifs is 3. The highest BCUT2D eigenvalue weighted by Crippen LogP contribution is 2.34. The molecule has 5 rings (SSSR count). The summed E-state index contributed by atoms with van der Waals surface area (Å²) in [6.07, 6.45) is 9.98. The lowest BCUT2D eigenvalue weighted by Crippen LogP contribution is -2.42. The Balaban J connectivity index is 1.07. The molecule has 0 spiro atoms. The van der Waals surface area contributed by atoms with Crippen LogP contribution in [0.5, 0.6) is 0 Å². The molecule has 6 nitrogen and oxygen atoms in total. The Bertz CT molecular complexity index is 1360. The molecule has 0 aliphatic heterocycles. The Labute approximate surface area is 217 Å². The number of benzene rings is 2. The van der Waals surface area contributed by atoms with Crippen LogP contribution in [0.1, 0.15) is 48.9 Å². The van der Waals surface area contributed by atoms with Gasteiger partial charge in [0.2, 0.25) is 5.91 Å². The maximum absolute atomic E-state index is 12.5. The summed E-state index contributed by atoms with van der Waals surface area (Å²) < 4.78 is 0. The van der Waals surface area contributed by atoms with Crippen molar-refractivity contribution >= 4 is 45.0 Å². The highest BCUT2D eigenvalue weighted by atomic mass is 35.5. The van der Waals surface area contributed by atoms with Crippen molar-refractivity contribution in [1.29, 1.82) is 0 Å². The summed E-state index contributed by atoms with van der Waals surface area (Å²) in [7, 11) is 0. The number of carbonyl (C=O) groups excluding carboxylic acids is 1. The molecule has 0 fully saturated rings. The summed E-state index contributed by atoms with van der Waals surface area (Å²) in [5, 5.41) is 9.70. The van der Waals surface area contributed by atoms with E-state index in [1.54, 1.807) is 0 Å². The van der Waals surface area contributed by atoms with Crippen LogP contribution in [0.15, 0.2) is 48.7 Å². The summed E-state index contributed by atoms with van der Waals surface area (Å²) in [6, 6.07) is 13.5. The molecule has 1 aliphatic carbocycles. The van der Waals surface area contributed by atoms with Crippen LogP contribution in [0.25, 0.3) is 21.8 Å². The Morgan fingerprint density at radius 3 is 2.81 bits per heavy atom. The van der Waals surface area contributed by atoms with Crippen LogP contribution in [-0.2, 0) is 24.1 Å². The van der Waals surface area contributed by atoms with Gasteiger partial charge in [-0.1, -0.05) is 29.8 Å². The molecule has 4 aromatic rings. The van der Waals surface area contributed by atoms with E-state index >= 15 is 0 Å². The van der Waals surface area contributed by atoms with Gasteiger partial charge in [0.1, 0.15) is 0 Å². The number of pyridine rings is 1. The van der Waals surface area contributed by atoms with Crippen molar-refractivity contribution in [3.63, 3.8) is 0 Å². The fraction of sp³-hybridized carbons (Fsp3) is 0.379. The minimum Gasteiger partial charge on any atom is -0.384 e. The maximum atomic E-state index is 12.5. The number of aromatic amines is 1. The van der Waals surface area contributed by atoms with Crippen molar-refractivity contribution in [2.45, 2.75) is 57.4 Å². The Kier molecular flexibility index (Phi) is 7.73. The van der Waals surface area contributed by atoms with Gasteiger partial charge >= 0.3 is 0 Å². The lowest BCUT2D eigenvalue weighted by Gasteiger charge is -2.22. The standard InChI is InChI=1S/C29H34ClN5O/c30-20-12-13-23-27(17-20)35-26-11-5-3-9-22(26)28(23)32-14-6-1-7-15-33-29(36)24(31)16-19-18-34-25-10-4-2-8-21(19)25/h2,4,8,10,12-13,17-18,24,34H,1,3,5-7,9,11,14-16,31H2,(H,32,35)(H,33,36)/t24-/m0/s1. The van der Waals surface area contributed by atoms with Crippen molar-refractivity contribution in [3.8, 4) is 0 Å². The van der Waals surface area contributed by atoms with Gasteiger partial charge in [-0.3, -0.25) is 9.78 Å². The molecule has 7 heteroatoms. The molecule has 188 valence electrons. The molecule has 0 radical (unpaired) electrons. The van der Waals surface area contributed by atoms with Gasteiger partial charge in [0.15, 0.2) is 0 Å². The van der Waals surface area contributed by atoms with E-state index in [4.69, 9.17) is 22.3 Å². The lowest BCUT2D eigenvalue weighted by atomic mass is 9.92. The first kappa shape index (κ1) is 24.6. The number of carbonyl (C=O) groups is 1. The highest BCUT2D eigenvalue weighted by molar-refractivity contribution is 6.31. The molecular formula is C29H34ClN5O. The second kappa shape index (κ2) is 11.3. The highest BCUT2D eigenvalue weighted by Gasteiger charge is 2.18. The van der Waals surface area contributed by atoms with Crippen LogP contribution in [-0.4, -0.2) is 35.0 Å². The number of nitrogens with two attached hydrogens (primary N) is 1. The summed E-state index contributed by atoms with van der Waals surface area (Å²) >= 11 is 6.23. The van der Waals surface area contributed by atoms with Gasteiger partial charge in [0, 0.05) is 52.0 Å². The van der Waals surface area contributed by atoms with Gasteiger partial charge in [-0.25, -0.2) is 0 Å². The largest absolute Gasteiger partial charge is 0.384 e. The average Bonchev–Trinajstić information content (AvgIpc) is 3.30. The summed E-state index contributed by atoms with van der Waals surface area (Å²) in [6.45, 7) is 1.54. The van der Waals surface area contributed by atoms with Crippen LogP contribution in [0, 0.1) is 0 Å². The number of rotatable bonds is 10. The van der Waals surface area contributed by atoms with Gasteiger partial charge in [-0.15, -0.1) is 0 Å². The number of para-hydroxylation sites is 1. The molecule has 2 heterocycles. The van der Waals surface area contributed by atoms with Crippen LogP contribution in [0.2, 0.25) is 5.02 Å². The Morgan fingerprint density at radius 2 is 1.89 bits per heavy atom. The number of halogens is 1. The van der Waals surface area contributed by atoms with Gasteiger partial charge in [-0.2, -0.15) is 0 Å². The number of unbranched alkanes of at least 4 members (excludes halogenated alkanes) is 2. The summed E-state index contributed by atoms with van der Waals surface area (Å²) in [4.78, 5) is 20.6. The molecule has 0 saturated carbocycles. The van der Waals surface area contributed by atoms with E-state index in [1.807, 2.05) is 36.5 Å². The molecule has 0 saturated heterocycles. The molecule has 1 atom stereocenters. The lowest BCUT2D eigenvalue weighted by molar-refractivity contribution is -0.122. The van der Waals surface area contributed by atoms with Gasteiger partial charge in [0.25, 0.3) is 0 Å². The molecule has 36 heavy (non-hydrogen) atoms. The van der Waals surface area contributed by atoms with Crippen molar-refractivity contribution < 1.29 is 4.79 Å². The normalized spacial score (nSPS) is 14.1. The minimum absolute atomic E-state index is 0.0908. The average molecular weight is 504 g/mol. The third-order valence-corrected chi connectivity index (χ3v) is 7.37. The predicted octanol–water partition coefficient (Wildman–Crippen LogP) is 5.52. The van der Waals surface area contributed by atoms with Gasteiger partial charge in [-0.05, 0) is 86.8 Å². The summed E-state index contributed by atoms with van der Waals surface area (Å²) in [5.41, 5.74) is 13.1. The van der Waals surface area contributed by atoms with E-state index in [0.29, 0.717) is 13.0 Å². The number of aromatic nitrogens is 2. The number of amides is 1.